The van der Waals surface area contributed by atoms with Crippen molar-refractivity contribution in [1.29, 1.82) is 5.26 Å². The smallest absolute Gasteiger partial charge is 0.261 e. The van der Waals surface area contributed by atoms with Crippen LogP contribution >= 0.6 is 0 Å². The van der Waals surface area contributed by atoms with Crippen LogP contribution in [0.4, 0.5) is 4.39 Å². The van der Waals surface area contributed by atoms with Crippen LogP contribution in [0.5, 0.6) is 11.5 Å². The average molecular weight is 484 g/mol. The van der Waals surface area contributed by atoms with E-state index in [9.17, 15) is 14.4 Å². The summed E-state index contributed by atoms with van der Waals surface area (Å²) in [4.78, 5) is 15.9. The van der Waals surface area contributed by atoms with Crippen molar-refractivity contribution in [1.82, 2.24) is 10.3 Å². The fourth-order valence-corrected chi connectivity index (χ4v) is 3.83. The summed E-state index contributed by atoms with van der Waals surface area (Å²) in [5.74, 6) is 0.0955. The van der Waals surface area contributed by atoms with Gasteiger partial charge in [-0.1, -0.05) is 42.5 Å². The maximum Gasteiger partial charge on any atom is 0.261 e. The second kappa shape index (κ2) is 11.7. The largest absolute Gasteiger partial charge is 0.490 e. The number of amides is 1. The van der Waals surface area contributed by atoms with Gasteiger partial charge >= 0.3 is 0 Å². The highest BCUT2D eigenvalue weighted by atomic mass is 19.1. The van der Waals surface area contributed by atoms with Crippen LogP contribution in [0.15, 0.2) is 78.5 Å². The number of nitriles is 1. The molecule has 0 bridgehead atoms. The SMILES string of the molecule is CCOc1cc(/C=C(/C#N)C(=O)NCCc2c[nH]c3ccccc23)ccc1OCc1ccccc1F. The topological polar surface area (TPSA) is 87.1 Å². The number of para-hydroxylation sites is 1. The summed E-state index contributed by atoms with van der Waals surface area (Å²) < 4.78 is 25.4. The molecule has 0 spiro atoms. The van der Waals surface area contributed by atoms with Gasteiger partial charge in [-0.25, -0.2) is 4.39 Å². The third-order valence-corrected chi connectivity index (χ3v) is 5.64. The van der Waals surface area contributed by atoms with Gasteiger partial charge in [-0.05, 0) is 54.8 Å². The van der Waals surface area contributed by atoms with Crippen LogP contribution in [0, 0.1) is 17.1 Å². The number of benzene rings is 3. The standard InChI is InChI=1S/C29H26FN3O3/c1-2-35-28-16-20(11-12-27(28)36-19-22-7-3-5-9-25(22)30)15-23(17-31)29(34)32-14-13-21-18-33-26-10-6-4-8-24(21)26/h3-12,15-16,18,33H,2,13-14,19H2,1H3,(H,32,34)/b23-15-. The van der Waals surface area contributed by atoms with Gasteiger partial charge in [-0.2, -0.15) is 5.26 Å². The fourth-order valence-electron chi connectivity index (χ4n) is 3.83. The molecule has 1 amide bonds. The van der Waals surface area contributed by atoms with E-state index in [1.807, 2.05) is 43.5 Å². The van der Waals surface area contributed by atoms with Crippen LogP contribution in [-0.4, -0.2) is 24.0 Å². The molecule has 4 rings (SSSR count). The first-order valence-corrected chi connectivity index (χ1v) is 11.7. The minimum Gasteiger partial charge on any atom is -0.490 e. The molecule has 0 aliphatic carbocycles. The molecule has 6 nitrogen and oxygen atoms in total. The Morgan fingerprint density at radius 2 is 1.86 bits per heavy atom. The number of H-pyrrole nitrogens is 1. The lowest BCUT2D eigenvalue weighted by molar-refractivity contribution is -0.117. The number of nitrogens with zero attached hydrogens (tertiary/aromatic N) is 1. The lowest BCUT2D eigenvalue weighted by atomic mass is 10.1. The zero-order valence-electron chi connectivity index (χ0n) is 19.9. The zero-order valence-corrected chi connectivity index (χ0v) is 19.9. The molecular weight excluding hydrogens is 457 g/mol. The number of ether oxygens (including phenoxy) is 2. The Hall–Kier alpha value is -4.57. The Morgan fingerprint density at radius 3 is 2.67 bits per heavy atom. The quantitative estimate of drug-likeness (QED) is 0.229. The Balaban J connectivity index is 1.42. The zero-order chi connectivity index (χ0) is 25.3. The molecular formula is C29H26FN3O3. The van der Waals surface area contributed by atoms with Crippen molar-refractivity contribution >= 4 is 22.9 Å². The molecule has 2 N–H and O–H groups in total. The Kier molecular flexibility index (Phi) is 7.99. The molecule has 1 heterocycles. The molecule has 0 saturated heterocycles. The molecule has 36 heavy (non-hydrogen) atoms. The maximum absolute atomic E-state index is 13.9. The molecule has 0 saturated carbocycles. The minimum absolute atomic E-state index is 0.0172. The van der Waals surface area contributed by atoms with Crippen molar-refractivity contribution < 1.29 is 18.7 Å². The van der Waals surface area contributed by atoms with Gasteiger partial charge in [-0.15, -0.1) is 0 Å². The van der Waals surface area contributed by atoms with E-state index in [-0.39, 0.29) is 18.0 Å². The highest BCUT2D eigenvalue weighted by molar-refractivity contribution is 6.01. The van der Waals surface area contributed by atoms with Gasteiger partial charge in [0, 0.05) is 29.2 Å². The highest BCUT2D eigenvalue weighted by Crippen LogP contribution is 2.30. The van der Waals surface area contributed by atoms with E-state index < -0.39 is 5.91 Å². The molecule has 3 aromatic carbocycles. The number of rotatable bonds is 10. The molecule has 0 fully saturated rings. The predicted octanol–water partition coefficient (Wildman–Crippen LogP) is 5.55. The van der Waals surface area contributed by atoms with E-state index in [1.54, 1.807) is 36.4 Å². The summed E-state index contributed by atoms with van der Waals surface area (Å²) in [5, 5.41) is 13.5. The minimum atomic E-state index is -0.449. The van der Waals surface area contributed by atoms with Gasteiger partial charge in [0.15, 0.2) is 11.5 Å². The van der Waals surface area contributed by atoms with E-state index in [1.165, 1.54) is 12.1 Å². The summed E-state index contributed by atoms with van der Waals surface area (Å²) in [6.07, 6.45) is 4.07. The van der Waals surface area contributed by atoms with Crippen LogP contribution in [0.25, 0.3) is 17.0 Å². The monoisotopic (exact) mass is 483 g/mol. The number of aromatic amines is 1. The Labute approximate surface area is 209 Å². The third kappa shape index (κ3) is 5.91. The van der Waals surface area contributed by atoms with Crippen LogP contribution in [-0.2, 0) is 17.8 Å². The molecule has 0 aliphatic heterocycles. The van der Waals surface area contributed by atoms with Crippen molar-refractivity contribution in [2.45, 2.75) is 20.0 Å². The molecule has 182 valence electrons. The number of aromatic nitrogens is 1. The lowest BCUT2D eigenvalue weighted by Gasteiger charge is -2.13. The van der Waals surface area contributed by atoms with Gasteiger partial charge in [0.05, 0.1) is 6.61 Å². The van der Waals surface area contributed by atoms with Crippen molar-refractivity contribution in [2.75, 3.05) is 13.2 Å². The van der Waals surface area contributed by atoms with Gasteiger partial charge < -0.3 is 19.8 Å². The average Bonchev–Trinajstić information content (AvgIpc) is 3.31. The number of hydrogen-bond acceptors (Lipinski definition) is 4. The summed E-state index contributed by atoms with van der Waals surface area (Å²) in [6.45, 7) is 2.67. The summed E-state index contributed by atoms with van der Waals surface area (Å²) in [5.41, 5.74) is 3.17. The number of carbonyl (C=O) groups excluding carboxylic acids is 1. The Morgan fingerprint density at radius 1 is 1.06 bits per heavy atom. The van der Waals surface area contributed by atoms with E-state index in [2.05, 4.69) is 10.3 Å². The molecule has 0 atom stereocenters. The number of halogens is 1. The van der Waals surface area contributed by atoms with Crippen molar-refractivity contribution in [3.63, 3.8) is 0 Å². The molecule has 0 radical (unpaired) electrons. The lowest BCUT2D eigenvalue weighted by Crippen LogP contribution is -2.26. The first kappa shape index (κ1) is 24.6. The summed E-state index contributed by atoms with van der Waals surface area (Å²) in [6, 6.07) is 21.4. The Bertz CT molecular complexity index is 1440. The van der Waals surface area contributed by atoms with E-state index in [0.717, 1.165) is 16.5 Å². The fraction of sp³-hybridized carbons (Fsp3) is 0.172. The molecule has 1 aromatic heterocycles. The number of carbonyl (C=O) groups is 1. The third-order valence-electron chi connectivity index (χ3n) is 5.64. The van der Waals surface area contributed by atoms with E-state index >= 15 is 0 Å². The maximum atomic E-state index is 13.9. The molecule has 0 aliphatic rings. The second-order valence-corrected chi connectivity index (χ2v) is 8.05. The van der Waals surface area contributed by atoms with Crippen molar-refractivity contribution in [3.8, 4) is 17.6 Å². The molecule has 7 heteroatoms. The van der Waals surface area contributed by atoms with Crippen molar-refractivity contribution in [2.24, 2.45) is 0 Å². The first-order chi connectivity index (χ1) is 17.6. The normalized spacial score (nSPS) is 11.2. The number of nitrogens with one attached hydrogen (secondary N) is 2. The highest BCUT2D eigenvalue weighted by Gasteiger charge is 2.12. The first-order valence-electron chi connectivity index (χ1n) is 11.7. The van der Waals surface area contributed by atoms with E-state index in [0.29, 0.717) is 42.2 Å². The summed E-state index contributed by atoms with van der Waals surface area (Å²) in [7, 11) is 0. The van der Waals surface area contributed by atoms with Crippen LogP contribution in [0.1, 0.15) is 23.6 Å². The number of fused-ring (bicyclic) bond motifs is 1. The number of hydrogen-bond donors (Lipinski definition) is 2. The predicted molar refractivity (Wildman–Crippen MR) is 137 cm³/mol. The van der Waals surface area contributed by atoms with E-state index in [4.69, 9.17) is 9.47 Å². The van der Waals surface area contributed by atoms with Gasteiger partial charge in [0.1, 0.15) is 24.1 Å². The second-order valence-electron chi connectivity index (χ2n) is 8.05. The summed E-state index contributed by atoms with van der Waals surface area (Å²) >= 11 is 0. The van der Waals surface area contributed by atoms with Gasteiger partial charge in [0.25, 0.3) is 5.91 Å². The van der Waals surface area contributed by atoms with Gasteiger partial charge in [0.2, 0.25) is 0 Å². The van der Waals surface area contributed by atoms with Crippen LogP contribution < -0.4 is 14.8 Å². The van der Waals surface area contributed by atoms with Crippen LogP contribution in [0.2, 0.25) is 0 Å². The van der Waals surface area contributed by atoms with Gasteiger partial charge in [-0.3, -0.25) is 4.79 Å². The van der Waals surface area contributed by atoms with Crippen LogP contribution in [0.3, 0.4) is 0 Å². The van der Waals surface area contributed by atoms with Crippen molar-refractivity contribution in [3.05, 3.63) is 101 Å². The molecule has 0 unspecified atom stereocenters. The molecule has 4 aromatic rings.